The van der Waals surface area contributed by atoms with Gasteiger partial charge in [0.05, 0.1) is 4.90 Å². The lowest BCUT2D eigenvalue weighted by Gasteiger charge is -2.31. The molecular formula is C13H21N3O3S. The van der Waals surface area contributed by atoms with Crippen molar-refractivity contribution < 1.29 is 8.42 Å². The van der Waals surface area contributed by atoms with Crippen LogP contribution in [0, 0.1) is 0 Å². The van der Waals surface area contributed by atoms with E-state index in [-0.39, 0.29) is 16.5 Å². The second kappa shape index (κ2) is 6.51. The SMILES string of the molecule is CCCN1CCC(NS(=O)(=O)c2ccc(=O)[nH]c2)CC1. The van der Waals surface area contributed by atoms with Crippen LogP contribution in [0.15, 0.2) is 28.0 Å². The Labute approximate surface area is 119 Å². The number of nitrogens with one attached hydrogen (secondary N) is 2. The van der Waals surface area contributed by atoms with Crippen molar-refractivity contribution in [1.29, 1.82) is 0 Å². The summed E-state index contributed by atoms with van der Waals surface area (Å²) < 4.78 is 27.1. The van der Waals surface area contributed by atoms with Crippen molar-refractivity contribution in [2.75, 3.05) is 19.6 Å². The molecule has 0 amide bonds. The molecule has 1 aromatic rings. The van der Waals surface area contributed by atoms with Gasteiger partial charge in [-0.05, 0) is 45.0 Å². The molecule has 1 aromatic heterocycles. The molecule has 6 nitrogen and oxygen atoms in total. The molecule has 1 fully saturated rings. The van der Waals surface area contributed by atoms with Crippen LogP contribution in [0.5, 0.6) is 0 Å². The first-order valence-corrected chi connectivity index (χ1v) is 8.43. The number of rotatable bonds is 5. The molecule has 2 N–H and O–H groups in total. The van der Waals surface area contributed by atoms with Crippen molar-refractivity contribution in [3.8, 4) is 0 Å². The standard InChI is InChI=1S/C13H21N3O3S/c1-2-7-16-8-5-11(6-9-16)15-20(18,19)12-3-4-13(17)14-10-12/h3-4,10-11,15H,2,5-9H2,1H3,(H,14,17). The third-order valence-electron chi connectivity index (χ3n) is 3.52. The summed E-state index contributed by atoms with van der Waals surface area (Å²) in [6, 6.07) is 2.52. The largest absolute Gasteiger partial charge is 0.328 e. The zero-order chi connectivity index (χ0) is 14.6. The molecule has 0 bridgehead atoms. The lowest BCUT2D eigenvalue weighted by Crippen LogP contribution is -2.44. The molecule has 112 valence electrons. The van der Waals surface area contributed by atoms with Gasteiger partial charge < -0.3 is 9.88 Å². The molecule has 2 heterocycles. The second-order valence-electron chi connectivity index (χ2n) is 5.13. The van der Waals surface area contributed by atoms with Crippen LogP contribution in [0.1, 0.15) is 26.2 Å². The topological polar surface area (TPSA) is 82.3 Å². The van der Waals surface area contributed by atoms with Gasteiger partial charge in [0.1, 0.15) is 0 Å². The predicted molar refractivity (Wildman–Crippen MR) is 77.1 cm³/mol. The van der Waals surface area contributed by atoms with E-state index in [1.165, 1.54) is 18.3 Å². The van der Waals surface area contributed by atoms with Gasteiger partial charge in [-0.25, -0.2) is 13.1 Å². The fraction of sp³-hybridized carbons (Fsp3) is 0.615. The smallest absolute Gasteiger partial charge is 0.247 e. The quantitative estimate of drug-likeness (QED) is 0.831. The summed E-state index contributed by atoms with van der Waals surface area (Å²) in [6.07, 6.45) is 4.00. The van der Waals surface area contributed by atoms with Crippen molar-refractivity contribution in [3.63, 3.8) is 0 Å². The zero-order valence-corrected chi connectivity index (χ0v) is 12.4. The maximum atomic E-state index is 12.2. The van der Waals surface area contributed by atoms with Crippen LogP contribution < -0.4 is 10.3 Å². The minimum absolute atomic E-state index is 0.0277. The van der Waals surface area contributed by atoms with E-state index in [1.54, 1.807) is 0 Å². The minimum atomic E-state index is -3.55. The molecule has 1 aliphatic heterocycles. The van der Waals surface area contributed by atoms with E-state index in [4.69, 9.17) is 0 Å². The molecule has 2 rings (SSSR count). The van der Waals surface area contributed by atoms with Gasteiger partial charge in [-0.3, -0.25) is 4.79 Å². The van der Waals surface area contributed by atoms with Crippen molar-refractivity contribution >= 4 is 10.0 Å². The Bertz CT molecular complexity index is 569. The van der Waals surface area contributed by atoms with E-state index < -0.39 is 10.0 Å². The number of hydrogen-bond donors (Lipinski definition) is 2. The highest BCUT2D eigenvalue weighted by molar-refractivity contribution is 7.89. The number of nitrogens with zero attached hydrogens (tertiary/aromatic N) is 1. The maximum Gasteiger partial charge on any atom is 0.247 e. The number of aromatic nitrogens is 1. The summed E-state index contributed by atoms with van der Waals surface area (Å²) in [6.45, 7) is 5.06. The summed E-state index contributed by atoms with van der Waals surface area (Å²) in [4.78, 5) is 15.8. The number of H-pyrrole nitrogens is 1. The van der Waals surface area contributed by atoms with Gasteiger partial charge in [0.25, 0.3) is 0 Å². The molecule has 1 saturated heterocycles. The maximum absolute atomic E-state index is 12.2. The van der Waals surface area contributed by atoms with Crippen molar-refractivity contribution in [2.24, 2.45) is 0 Å². The Kier molecular flexibility index (Phi) is 4.95. The summed E-state index contributed by atoms with van der Waals surface area (Å²) in [5.41, 5.74) is -0.308. The van der Waals surface area contributed by atoms with Crippen LogP contribution in [0.25, 0.3) is 0 Å². The van der Waals surface area contributed by atoms with Gasteiger partial charge in [0.15, 0.2) is 0 Å². The van der Waals surface area contributed by atoms with Gasteiger partial charge in [-0.1, -0.05) is 6.92 Å². The lowest BCUT2D eigenvalue weighted by molar-refractivity contribution is 0.208. The van der Waals surface area contributed by atoms with E-state index in [0.29, 0.717) is 0 Å². The van der Waals surface area contributed by atoms with Crippen LogP contribution in [-0.4, -0.2) is 44.0 Å². The van der Waals surface area contributed by atoms with Gasteiger partial charge >= 0.3 is 0 Å². The Morgan fingerprint density at radius 2 is 2.05 bits per heavy atom. The number of hydrogen-bond acceptors (Lipinski definition) is 4. The average molecular weight is 299 g/mol. The first-order valence-electron chi connectivity index (χ1n) is 6.94. The molecule has 1 aliphatic rings. The summed E-state index contributed by atoms with van der Waals surface area (Å²) in [5.74, 6) is 0. The monoisotopic (exact) mass is 299 g/mol. The van der Waals surface area contributed by atoms with Crippen molar-refractivity contribution in [1.82, 2.24) is 14.6 Å². The predicted octanol–water partition coefficient (Wildman–Crippen LogP) is 0.528. The van der Waals surface area contributed by atoms with E-state index in [9.17, 15) is 13.2 Å². The molecule has 0 saturated carbocycles. The fourth-order valence-electron chi connectivity index (χ4n) is 2.44. The Morgan fingerprint density at radius 3 is 2.60 bits per heavy atom. The molecule has 0 aliphatic carbocycles. The number of likely N-dealkylation sites (tertiary alicyclic amines) is 1. The molecule has 0 atom stereocenters. The molecule has 0 aromatic carbocycles. The Hall–Kier alpha value is -1.18. The minimum Gasteiger partial charge on any atom is -0.328 e. The number of sulfonamides is 1. The fourth-order valence-corrected chi connectivity index (χ4v) is 3.71. The molecule has 20 heavy (non-hydrogen) atoms. The van der Waals surface area contributed by atoms with E-state index in [2.05, 4.69) is 21.5 Å². The highest BCUT2D eigenvalue weighted by Crippen LogP contribution is 2.14. The number of aromatic amines is 1. The van der Waals surface area contributed by atoms with E-state index in [0.717, 1.165) is 38.9 Å². The number of pyridine rings is 1. The van der Waals surface area contributed by atoms with Crippen LogP contribution in [0.4, 0.5) is 0 Å². The van der Waals surface area contributed by atoms with Crippen molar-refractivity contribution in [2.45, 2.75) is 37.1 Å². The lowest BCUT2D eigenvalue weighted by atomic mass is 10.1. The van der Waals surface area contributed by atoms with Crippen LogP contribution in [0.2, 0.25) is 0 Å². The highest BCUT2D eigenvalue weighted by Gasteiger charge is 2.24. The highest BCUT2D eigenvalue weighted by atomic mass is 32.2. The van der Waals surface area contributed by atoms with Crippen LogP contribution >= 0.6 is 0 Å². The molecule has 0 spiro atoms. The third-order valence-corrected chi connectivity index (χ3v) is 5.03. The average Bonchev–Trinajstić information content (AvgIpc) is 2.41. The summed E-state index contributed by atoms with van der Waals surface area (Å²) >= 11 is 0. The van der Waals surface area contributed by atoms with Crippen LogP contribution in [0.3, 0.4) is 0 Å². The summed E-state index contributed by atoms with van der Waals surface area (Å²) in [7, 11) is -3.55. The molecule has 0 radical (unpaired) electrons. The Morgan fingerprint density at radius 1 is 1.35 bits per heavy atom. The molecular weight excluding hydrogens is 278 g/mol. The zero-order valence-electron chi connectivity index (χ0n) is 11.6. The van der Waals surface area contributed by atoms with E-state index in [1.807, 2.05) is 0 Å². The molecule has 0 unspecified atom stereocenters. The normalized spacial score (nSPS) is 18.2. The van der Waals surface area contributed by atoms with Gasteiger partial charge in [0.2, 0.25) is 15.6 Å². The Balaban J connectivity index is 1.96. The second-order valence-corrected chi connectivity index (χ2v) is 6.84. The van der Waals surface area contributed by atoms with Gasteiger partial charge in [0, 0.05) is 18.3 Å². The summed E-state index contributed by atoms with van der Waals surface area (Å²) in [5, 5.41) is 0. The van der Waals surface area contributed by atoms with Gasteiger partial charge in [-0.2, -0.15) is 0 Å². The molecule has 7 heteroatoms. The third kappa shape index (κ3) is 3.91. The van der Waals surface area contributed by atoms with Crippen LogP contribution in [-0.2, 0) is 10.0 Å². The van der Waals surface area contributed by atoms with Gasteiger partial charge in [-0.15, -0.1) is 0 Å². The first-order chi connectivity index (χ1) is 9.51. The first kappa shape index (κ1) is 15.2. The van der Waals surface area contributed by atoms with Crippen molar-refractivity contribution in [3.05, 3.63) is 28.7 Å². The number of piperidine rings is 1. The van der Waals surface area contributed by atoms with E-state index >= 15 is 0 Å².